The summed E-state index contributed by atoms with van der Waals surface area (Å²) in [5, 5.41) is 3.24. The molecule has 9 heteroatoms. The molecule has 1 aromatic rings. The van der Waals surface area contributed by atoms with Crippen LogP contribution in [0.1, 0.15) is 49.1 Å². The average Bonchev–Trinajstić information content (AvgIpc) is 2.88. The lowest BCUT2D eigenvalue weighted by molar-refractivity contribution is -0.0315. The van der Waals surface area contributed by atoms with Crippen LogP contribution in [0, 0.1) is 5.92 Å². The topological polar surface area (TPSA) is 88.6 Å². The minimum absolute atomic E-state index is 0.0885. The molecule has 0 radical (unpaired) electrons. The van der Waals surface area contributed by atoms with Gasteiger partial charge in [-0.3, -0.25) is 19.0 Å². The molecule has 0 saturated carbocycles. The van der Waals surface area contributed by atoms with Crippen LogP contribution in [-0.4, -0.2) is 58.2 Å². The molecule has 0 aliphatic carbocycles. The molecular formula is C19H35N4O4P. The normalized spacial score (nSPS) is 28.1. The van der Waals surface area contributed by atoms with Gasteiger partial charge in [0, 0.05) is 37.7 Å². The Balaban J connectivity index is 2.18. The van der Waals surface area contributed by atoms with Crippen molar-refractivity contribution in [2.24, 2.45) is 5.92 Å². The Hall–Kier alpha value is -1.05. The second kappa shape index (κ2) is 10.1. The number of hydrogen-bond donors (Lipinski definition) is 2. The van der Waals surface area contributed by atoms with Gasteiger partial charge in [-0.1, -0.05) is 13.8 Å². The Morgan fingerprint density at radius 3 is 2.57 bits per heavy atom. The van der Waals surface area contributed by atoms with Gasteiger partial charge in [0.25, 0.3) is 5.56 Å². The summed E-state index contributed by atoms with van der Waals surface area (Å²) in [6, 6.07) is 1.89. The highest BCUT2D eigenvalue weighted by Gasteiger charge is 2.43. The molecule has 0 spiro atoms. The molecule has 2 rings (SSSR count). The van der Waals surface area contributed by atoms with Gasteiger partial charge < -0.3 is 14.6 Å². The molecule has 1 fully saturated rings. The van der Waals surface area contributed by atoms with E-state index in [9.17, 15) is 9.59 Å². The van der Waals surface area contributed by atoms with Gasteiger partial charge in [0.05, 0.1) is 12.7 Å². The molecule has 8 nitrogen and oxygen atoms in total. The minimum atomic E-state index is -0.809. The van der Waals surface area contributed by atoms with E-state index >= 15 is 0 Å². The van der Waals surface area contributed by atoms with Crippen LogP contribution in [0.2, 0.25) is 0 Å². The van der Waals surface area contributed by atoms with Crippen LogP contribution in [0.25, 0.3) is 0 Å². The van der Waals surface area contributed by atoms with Gasteiger partial charge >= 0.3 is 5.69 Å². The lowest BCUT2D eigenvalue weighted by Gasteiger charge is -2.36. The van der Waals surface area contributed by atoms with Crippen molar-refractivity contribution in [3.05, 3.63) is 33.1 Å². The molecule has 2 N–H and O–H groups in total. The standard InChI is InChI=1S/C19H35N4O4P/c1-8-20-17-14(6)18(22-10-9-16(24)21-19(22)25)27-15(17)11-26-28(7)23(12(2)3)13(4)5/h9-10,12-15,17-18,20H,8,11H2,1-7H3,(H,21,24,25)/t14-,15+,17?,18+,28?/m0/s1/i8T/t8?,14-,15+,17?,18+,28?. The van der Waals surface area contributed by atoms with Crippen molar-refractivity contribution >= 4 is 8.30 Å². The van der Waals surface area contributed by atoms with E-state index in [1.54, 1.807) is 6.92 Å². The number of H-pyrrole nitrogens is 1. The zero-order valence-corrected chi connectivity index (χ0v) is 18.8. The van der Waals surface area contributed by atoms with Crippen LogP contribution in [0.4, 0.5) is 0 Å². The van der Waals surface area contributed by atoms with E-state index in [1.807, 2.05) is 6.92 Å². The van der Waals surface area contributed by atoms with Crippen molar-refractivity contribution in [1.29, 1.82) is 0 Å². The predicted molar refractivity (Wildman–Crippen MR) is 113 cm³/mol. The fraction of sp³-hybridized carbons (Fsp3) is 0.789. The van der Waals surface area contributed by atoms with Crippen molar-refractivity contribution < 1.29 is 10.6 Å². The van der Waals surface area contributed by atoms with Gasteiger partial charge in [0.2, 0.25) is 0 Å². The number of nitrogens with zero attached hydrogens (tertiary/aromatic N) is 2. The molecule has 0 bridgehead atoms. The maximum Gasteiger partial charge on any atom is 0.330 e. The molecule has 160 valence electrons. The number of hydrogen-bond acceptors (Lipinski definition) is 6. The zero-order valence-electron chi connectivity index (χ0n) is 18.9. The highest BCUT2D eigenvalue weighted by Crippen LogP contribution is 2.42. The quantitative estimate of drug-likeness (QED) is 0.600. The lowest BCUT2D eigenvalue weighted by Crippen LogP contribution is -2.43. The summed E-state index contributed by atoms with van der Waals surface area (Å²) >= 11 is 0. The van der Waals surface area contributed by atoms with Crippen LogP contribution in [0.3, 0.4) is 0 Å². The van der Waals surface area contributed by atoms with Crippen LogP contribution >= 0.6 is 8.30 Å². The Kier molecular flexibility index (Phi) is 7.83. The summed E-state index contributed by atoms with van der Waals surface area (Å²) in [5.74, 6) is -0.0885. The minimum Gasteiger partial charge on any atom is -0.350 e. The van der Waals surface area contributed by atoms with Gasteiger partial charge in [0.15, 0.2) is 0 Å². The van der Waals surface area contributed by atoms with E-state index in [2.05, 4.69) is 49.3 Å². The third-order valence-corrected chi connectivity index (χ3v) is 7.12. The summed E-state index contributed by atoms with van der Waals surface area (Å²) in [5.41, 5.74) is -0.942. The van der Waals surface area contributed by atoms with Crippen molar-refractivity contribution in [1.82, 2.24) is 19.5 Å². The van der Waals surface area contributed by atoms with Gasteiger partial charge in [-0.15, -0.1) is 0 Å². The van der Waals surface area contributed by atoms with Crippen LogP contribution < -0.4 is 16.6 Å². The van der Waals surface area contributed by atoms with Crippen LogP contribution in [-0.2, 0) is 9.26 Å². The highest BCUT2D eigenvalue weighted by atomic mass is 31.2. The van der Waals surface area contributed by atoms with Gasteiger partial charge in [-0.2, -0.15) is 0 Å². The van der Waals surface area contributed by atoms with Crippen molar-refractivity contribution in [2.75, 3.05) is 19.8 Å². The molecule has 1 aromatic heterocycles. The largest absolute Gasteiger partial charge is 0.350 e. The van der Waals surface area contributed by atoms with E-state index in [0.717, 1.165) is 0 Å². The Morgan fingerprint density at radius 1 is 1.39 bits per heavy atom. The smallest absolute Gasteiger partial charge is 0.330 e. The third kappa shape index (κ3) is 5.30. The summed E-state index contributed by atoms with van der Waals surface area (Å²) in [6.07, 6.45) is 0.602. The molecule has 1 aliphatic heterocycles. The Morgan fingerprint density at radius 2 is 2.04 bits per heavy atom. The third-order valence-electron chi connectivity index (χ3n) is 5.02. The fourth-order valence-electron chi connectivity index (χ4n) is 3.94. The van der Waals surface area contributed by atoms with Crippen molar-refractivity contribution in [2.45, 2.75) is 72.0 Å². The van der Waals surface area contributed by atoms with Crippen LogP contribution in [0.5, 0.6) is 0 Å². The van der Waals surface area contributed by atoms with E-state index in [4.69, 9.17) is 10.6 Å². The first-order valence-corrected chi connectivity index (χ1v) is 11.5. The van der Waals surface area contributed by atoms with Crippen LogP contribution in [0.15, 0.2) is 21.9 Å². The fourth-order valence-corrected chi connectivity index (χ4v) is 5.74. The van der Waals surface area contributed by atoms with E-state index in [-0.39, 0.29) is 18.1 Å². The van der Waals surface area contributed by atoms with Gasteiger partial charge in [-0.05, 0) is 40.9 Å². The average molecular weight is 416 g/mol. The van der Waals surface area contributed by atoms with Crippen molar-refractivity contribution in [3.8, 4) is 0 Å². The maximum absolute atomic E-state index is 12.2. The second-order valence-electron chi connectivity index (χ2n) is 7.75. The first-order chi connectivity index (χ1) is 13.5. The van der Waals surface area contributed by atoms with Gasteiger partial charge in [-0.25, -0.2) is 4.79 Å². The van der Waals surface area contributed by atoms with E-state index < -0.39 is 32.3 Å². The summed E-state index contributed by atoms with van der Waals surface area (Å²) < 4.78 is 24.1. The maximum atomic E-state index is 12.2. The first-order valence-electron chi connectivity index (χ1n) is 10.4. The summed E-state index contributed by atoms with van der Waals surface area (Å²) in [7, 11) is -0.809. The molecule has 6 atom stereocenters. The molecule has 1 saturated heterocycles. The molecule has 2 heterocycles. The Labute approximate surface area is 169 Å². The number of rotatable bonds is 9. The predicted octanol–water partition coefficient (Wildman–Crippen LogP) is 2.13. The number of aromatic nitrogens is 2. The molecule has 3 unspecified atom stereocenters. The highest BCUT2D eigenvalue weighted by molar-refractivity contribution is 7.49. The summed E-state index contributed by atoms with van der Waals surface area (Å²) in [4.78, 5) is 25.9. The second-order valence-corrected chi connectivity index (χ2v) is 9.40. The van der Waals surface area contributed by atoms with E-state index in [1.165, 1.54) is 16.8 Å². The Bertz CT molecular complexity index is 761. The molecule has 0 aromatic carbocycles. The lowest BCUT2D eigenvalue weighted by atomic mass is 9.99. The molecule has 28 heavy (non-hydrogen) atoms. The number of aromatic amines is 1. The monoisotopic (exact) mass is 416 g/mol. The molecule has 0 amide bonds. The van der Waals surface area contributed by atoms with Crippen molar-refractivity contribution in [3.63, 3.8) is 0 Å². The SMILES string of the molecule is [3H]C(C)NC1[C@@H](COP(C)N(C(C)C)C(C)C)O[C@@H](n2ccc(=O)[nH]c2=O)[C@H]1C. The summed E-state index contributed by atoms with van der Waals surface area (Å²) in [6.45, 7) is 14.3. The number of nitrogens with one attached hydrogen (secondary N) is 2. The van der Waals surface area contributed by atoms with E-state index in [0.29, 0.717) is 18.7 Å². The first kappa shape index (κ1) is 21.7. The zero-order chi connectivity index (χ0) is 21.9. The van der Waals surface area contributed by atoms with Gasteiger partial charge in [0.1, 0.15) is 14.5 Å². The number of ether oxygens (including phenoxy) is 1. The molecule has 1 aliphatic rings. The number of likely N-dealkylation sites (N-methyl/N-ethyl adjacent to an activating group) is 1. The molecular weight excluding hydrogens is 379 g/mol.